The third-order valence-corrected chi connectivity index (χ3v) is 2.16. The topological polar surface area (TPSA) is 44.1 Å². The summed E-state index contributed by atoms with van der Waals surface area (Å²) in [5.41, 5.74) is 0.996. The van der Waals surface area contributed by atoms with Crippen molar-refractivity contribution in [3.8, 4) is 0 Å². The van der Waals surface area contributed by atoms with Crippen LogP contribution in [0.2, 0.25) is 0 Å². The van der Waals surface area contributed by atoms with Crippen LogP contribution >= 0.6 is 0 Å². The van der Waals surface area contributed by atoms with Crippen molar-refractivity contribution in [2.75, 3.05) is 6.61 Å². The van der Waals surface area contributed by atoms with E-state index in [9.17, 15) is 4.79 Å². The monoisotopic (exact) mass is 210 g/mol. The van der Waals surface area contributed by atoms with Gasteiger partial charge in [-0.05, 0) is 13.8 Å². The van der Waals surface area contributed by atoms with Gasteiger partial charge in [-0.25, -0.2) is 4.98 Å². The van der Waals surface area contributed by atoms with E-state index in [1.807, 2.05) is 24.6 Å². The second-order valence-corrected chi connectivity index (χ2v) is 3.40. The molecule has 0 atom stereocenters. The lowest BCUT2D eigenvalue weighted by Gasteiger charge is -2.05. The normalized spacial score (nSPS) is 10.3. The van der Waals surface area contributed by atoms with E-state index < -0.39 is 0 Å². The summed E-state index contributed by atoms with van der Waals surface area (Å²) in [4.78, 5) is 15.5. The van der Waals surface area contributed by atoms with Crippen LogP contribution in [0, 0.1) is 6.92 Å². The van der Waals surface area contributed by atoms with Crippen LogP contribution in [0.3, 0.4) is 0 Å². The number of rotatable bonds is 5. The fourth-order valence-electron chi connectivity index (χ4n) is 1.52. The molecular formula is C11H18N2O2. The zero-order valence-electron chi connectivity index (χ0n) is 9.62. The molecule has 0 N–H and O–H groups in total. The first kappa shape index (κ1) is 11.8. The molecule has 0 bridgehead atoms. The molecule has 0 aliphatic rings. The predicted molar refractivity (Wildman–Crippen MR) is 57.6 cm³/mol. The maximum atomic E-state index is 11.2. The third kappa shape index (κ3) is 3.38. The Morgan fingerprint density at radius 1 is 1.53 bits per heavy atom. The van der Waals surface area contributed by atoms with Crippen molar-refractivity contribution in [3.63, 3.8) is 0 Å². The second kappa shape index (κ2) is 5.53. The van der Waals surface area contributed by atoms with Crippen LogP contribution in [0.4, 0.5) is 0 Å². The molecule has 0 unspecified atom stereocenters. The van der Waals surface area contributed by atoms with Gasteiger partial charge in [-0.2, -0.15) is 0 Å². The highest BCUT2D eigenvalue weighted by Crippen LogP contribution is 2.04. The average molecular weight is 210 g/mol. The van der Waals surface area contributed by atoms with E-state index in [-0.39, 0.29) is 5.97 Å². The van der Waals surface area contributed by atoms with Crippen molar-refractivity contribution < 1.29 is 9.53 Å². The van der Waals surface area contributed by atoms with E-state index in [1.54, 1.807) is 0 Å². The summed E-state index contributed by atoms with van der Waals surface area (Å²) in [6.07, 6.45) is 3.27. The number of carbonyl (C=O) groups is 1. The highest BCUT2D eigenvalue weighted by Gasteiger charge is 2.06. The smallest absolute Gasteiger partial charge is 0.307 e. The molecule has 1 aromatic rings. The number of hydrogen-bond donors (Lipinski definition) is 0. The molecule has 0 aliphatic carbocycles. The van der Waals surface area contributed by atoms with Crippen LogP contribution < -0.4 is 0 Å². The van der Waals surface area contributed by atoms with Crippen molar-refractivity contribution in [2.24, 2.45) is 0 Å². The third-order valence-electron chi connectivity index (χ3n) is 2.16. The SMILES string of the molecule is CCOC(=O)CCn1cc(C)nc1CC. The molecule has 15 heavy (non-hydrogen) atoms. The van der Waals surface area contributed by atoms with Crippen LogP contribution in [0.1, 0.15) is 31.8 Å². The molecule has 0 saturated carbocycles. The van der Waals surface area contributed by atoms with Crippen LogP contribution in [-0.2, 0) is 22.5 Å². The summed E-state index contributed by atoms with van der Waals surface area (Å²) >= 11 is 0. The molecule has 0 amide bonds. The molecule has 0 fully saturated rings. The van der Waals surface area contributed by atoms with E-state index in [1.165, 1.54) is 0 Å². The maximum Gasteiger partial charge on any atom is 0.307 e. The number of ether oxygens (including phenoxy) is 1. The molecule has 0 aliphatic heterocycles. The molecule has 0 aromatic carbocycles. The predicted octanol–water partition coefficient (Wildman–Crippen LogP) is 1.71. The summed E-state index contributed by atoms with van der Waals surface area (Å²) in [5.74, 6) is 0.878. The minimum Gasteiger partial charge on any atom is -0.466 e. The number of nitrogens with zero attached hydrogens (tertiary/aromatic N) is 2. The number of esters is 1. The Morgan fingerprint density at radius 2 is 2.27 bits per heavy atom. The summed E-state index contributed by atoms with van der Waals surface area (Å²) in [7, 11) is 0. The summed E-state index contributed by atoms with van der Waals surface area (Å²) in [5, 5.41) is 0. The Bertz CT molecular complexity index is 331. The molecule has 4 heteroatoms. The van der Waals surface area contributed by atoms with Crippen LogP contribution in [-0.4, -0.2) is 22.1 Å². The van der Waals surface area contributed by atoms with Gasteiger partial charge >= 0.3 is 5.97 Å². The Hall–Kier alpha value is -1.32. The van der Waals surface area contributed by atoms with Crippen LogP contribution in [0.25, 0.3) is 0 Å². The van der Waals surface area contributed by atoms with Crippen LogP contribution in [0.15, 0.2) is 6.20 Å². The van der Waals surface area contributed by atoms with Gasteiger partial charge in [0.15, 0.2) is 0 Å². The minimum atomic E-state index is -0.147. The number of carbonyl (C=O) groups excluding carboxylic acids is 1. The molecule has 0 saturated heterocycles. The van der Waals surface area contributed by atoms with Gasteiger partial charge in [-0.1, -0.05) is 6.92 Å². The van der Waals surface area contributed by atoms with Gasteiger partial charge in [-0.15, -0.1) is 0 Å². The standard InChI is InChI=1S/C11H18N2O2/c1-4-10-12-9(3)8-13(10)7-6-11(14)15-5-2/h8H,4-7H2,1-3H3. The quantitative estimate of drug-likeness (QED) is 0.695. The van der Waals surface area contributed by atoms with Gasteiger partial charge in [0.05, 0.1) is 18.7 Å². The van der Waals surface area contributed by atoms with Gasteiger partial charge in [0.1, 0.15) is 5.82 Å². The lowest BCUT2D eigenvalue weighted by atomic mass is 10.4. The molecule has 0 spiro atoms. The summed E-state index contributed by atoms with van der Waals surface area (Å²) in [6, 6.07) is 0. The first-order valence-corrected chi connectivity index (χ1v) is 5.35. The van der Waals surface area contributed by atoms with Gasteiger partial charge in [-0.3, -0.25) is 4.79 Å². The van der Waals surface area contributed by atoms with Crippen molar-refractivity contribution in [2.45, 2.75) is 40.2 Å². The Morgan fingerprint density at radius 3 is 2.87 bits per heavy atom. The van der Waals surface area contributed by atoms with Gasteiger partial charge < -0.3 is 9.30 Å². The summed E-state index contributed by atoms with van der Waals surface area (Å²) in [6.45, 7) is 6.94. The highest BCUT2D eigenvalue weighted by atomic mass is 16.5. The fourth-order valence-corrected chi connectivity index (χ4v) is 1.52. The van der Waals surface area contributed by atoms with E-state index in [2.05, 4.69) is 11.9 Å². The first-order chi connectivity index (χ1) is 7.17. The van der Waals surface area contributed by atoms with E-state index in [4.69, 9.17) is 4.74 Å². The second-order valence-electron chi connectivity index (χ2n) is 3.40. The molecule has 1 aromatic heterocycles. The van der Waals surface area contributed by atoms with Crippen molar-refractivity contribution in [1.82, 2.24) is 9.55 Å². The molecule has 0 radical (unpaired) electrons. The lowest BCUT2D eigenvalue weighted by Crippen LogP contribution is -2.10. The van der Waals surface area contributed by atoms with Crippen molar-refractivity contribution in [3.05, 3.63) is 17.7 Å². The fraction of sp³-hybridized carbons (Fsp3) is 0.636. The van der Waals surface area contributed by atoms with Gasteiger partial charge in [0.25, 0.3) is 0 Å². The zero-order chi connectivity index (χ0) is 11.3. The number of aromatic nitrogens is 2. The van der Waals surface area contributed by atoms with Gasteiger partial charge in [0.2, 0.25) is 0 Å². The number of hydrogen-bond acceptors (Lipinski definition) is 3. The largest absolute Gasteiger partial charge is 0.466 e. The van der Waals surface area contributed by atoms with Crippen LogP contribution in [0.5, 0.6) is 0 Å². The van der Waals surface area contributed by atoms with Crippen molar-refractivity contribution >= 4 is 5.97 Å². The van der Waals surface area contributed by atoms with E-state index in [0.717, 1.165) is 17.9 Å². The lowest BCUT2D eigenvalue weighted by molar-refractivity contribution is -0.143. The average Bonchev–Trinajstić information content (AvgIpc) is 2.56. The molecule has 84 valence electrons. The Labute approximate surface area is 90.3 Å². The van der Waals surface area contributed by atoms with Gasteiger partial charge in [0, 0.05) is 19.2 Å². The zero-order valence-corrected chi connectivity index (χ0v) is 9.62. The first-order valence-electron chi connectivity index (χ1n) is 5.35. The summed E-state index contributed by atoms with van der Waals surface area (Å²) < 4.78 is 6.89. The Kier molecular flexibility index (Phi) is 4.34. The maximum absolute atomic E-state index is 11.2. The molecule has 1 heterocycles. The van der Waals surface area contributed by atoms with Crippen molar-refractivity contribution in [1.29, 1.82) is 0 Å². The van der Waals surface area contributed by atoms with E-state index >= 15 is 0 Å². The minimum absolute atomic E-state index is 0.147. The highest BCUT2D eigenvalue weighted by molar-refractivity contribution is 5.69. The molecule has 4 nitrogen and oxygen atoms in total. The van der Waals surface area contributed by atoms with E-state index in [0.29, 0.717) is 19.6 Å². The number of aryl methyl sites for hydroxylation is 3. The molecular weight excluding hydrogens is 192 g/mol. The number of imidazole rings is 1. The molecule has 1 rings (SSSR count). The Balaban J connectivity index is 2.52.